The van der Waals surface area contributed by atoms with E-state index >= 15 is 0 Å². The smallest absolute Gasteiger partial charge is 0.410 e. The van der Waals surface area contributed by atoms with Crippen LogP contribution in [0.25, 0.3) is 10.9 Å². The van der Waals surface area contributed by atoms with Crippen molar-refractivity contribution in [1.82, 2.24) is 19.6 Å². The Morgan fingerprint density at radius 2 is 1.68 bits per heavy atom. The number of amides is 1. The maximum atomic E-state index is 14.3. The van der Waals surface area contributed by atoms with Crippen LogP contribution in [0.2, 0.25) is 0 Å². The molecule has 2 aliphatic heterocycles. The van der Waals surface area contributed by atoms with Crippen LogP contribution in [0.5, 0.6) is 5.75 Å². The molecule has 1 saturated carbocycles. The molecule has 3 fully saturated rings. The van der Waals surface area contributed by atoms with E-state index in [2.05, 4.69) is 48.9 Å². The molecule has 8 nitrogen and oxygen atoms in total. The Bertz CT molecular complexity index is 1730. The molecule has 0 radical (unpaired) electrons. The molecule has 1 aromatic heterocycles. The first-order valence-electron chi connectivity index (χ1n) is 19.2. The number of alkyl halides is 3. The predicted octanol–water partition coefficient (Wildman–Crippen LogP) is 9.70. The number of piperidine rings is 1. The Morgan fingerprint density at radius 3 is 2.28 bits per heavy atom. The van der Waals surface area contributed by atoms with E-state index in [1.807, 2.05) is 48.9 Å². The third-order valence-corrected chi connectivity index (χ3v) is 12.1. The van der Waals surface area contributed by atoms with Crippen molar-refractivity contribution in [1.29, 1.82) is 0 Å². The van der Waals surface area contributed by atoms with E-state index < -0.39 is 17.2 Å². The van der Waals surface area contributed by atoms with Gasteiger partial charge in [-0.1, -0.05) is 18.2 Å². The Kier molecular flexibility index (Phi) is 10.7. The Labute approximate surface area is 313 Å². The zero-order chi connectivity index (χ0) is 38.5. The number of methoxy groups -OCH3 is 1. The molecule has 3 aromatic rings. The van der Waals surface area contributed by atoms with Crippen LogP contribution < -0.4 is 4.74 Å². The van der Waals surface area contributed by atoms with Gasteiger partial charge in [-0.25, -0.2) is 4.79 Å². The molecule has 1 spiro atoms. The van der Waals surface area contributed by atoms with Gasteiger partial charge < -0.3 is 19.1 Å². The molecule has 3 aliphatic rings. The monoisotopic (exact) mass is 740 g/mol. The van der Waals surface area contributed by atoms with Crippen LogP contribution in [0.1, 0.15) is 111 Å². The number of nitrogens with zero attached hydrogens (tertiary/aromatic N) is 4. The minimum atomic E-state index is -4.34. The largest absolute Gasteiger partial charge is 0.497 e. The van der Waals surface area contributed by atoms with Gasteiger partial charge >= 0.3 is 12.3 Å². The summed E-state index contributed by atoms with van der Waals surface area (Å²) < 4.78 is 62.2. The fraction of sp³-hybridized carbons (Fsp3) is 0.667. The molecule has 11 heteroatoms. The zero-order valence-electron chi connectivity index (χ0n) is 32.9. The zero-order valence-corrected chi connectivity index (χ0v) is 32.9. The van der Waals surface area contributed by atoms with Gasteiger partial charge in [0, 0.05) is 43.6 Å². The third kappa shape index (κ3) is 8.82. The van der Waals surface area contributed by atoms with Gasteiger partial charge in [0.15, 0.2) is 0 Å². The Balaban J connectivity index is 1.16. The molecule has 0 N–H and O–H groups in total. The van der Waals surface area contributed by atoms with E-state index in [0.717, 1.165) is 60.7 Å². The number of aromatic nitrogens is 2. The van der Waals surface area contributed by atoms with E-state index in [9.17, 15) is 18.0 Å². The predicted molar refractivity (Wildman–Crippen MR) is 201 cm³/mol. The van der Waals surface area contributed by atoms with Gasteiger partial charge in [-0.15, -0.1) is 0 Å². The fourth-order valence-corrected chi connectivity index (χ4v) is 9.02. The van der Waals surface area contributed by atoms with Crippen molar-refractivity contribution in [2.75, 3.05) is 39.9 Å². The average Bonchev–Trinajstić information content (AvgIpc) is 3.47. The van der Waals surface area contributed by atoms with Crippen LogP contribution in [0.3, 0.4) is 0 Å². The minimum Gasteiger partial charge on any atom is -0.497 e. The van der Waals surface area contributed by atoms with Gasteiger partial charge in [0.2, 0.25) is 0 Å². The Hall–Kier alpha value is -3.31. The van der Waals surface area contributed by atoms with E-state index in [0.29, 0.717) is 39.2 Å². The maximum Gasteiger partial charge on any atom is 0.410 e. The van der Waals surface area contributed by atoms with Crippen LogP contribution >= 0.6 is 0 Å². The second-order valence-electron chi connectivity index (χ2n) is 18.4. The first-order valence-corrected chi connectivity index (χ1v) is 19.2. The van der Waals surface area contributed by atoms with Crippen LogP contribution in [0.4, 0.5) is 18.0 Å². The number of benzene rings is 2. The molecule has 3 heterocycles. The van der Waals surface area contributed by atoms with E-state index in [-0.39, 0.29) is 35.1 Å². The summed E-state index contributed by atoms with van der Waals surface area (Å²) in [6.07, 6.45) is 3.56. The number of carbonyl (C=O) groups is 1. The lowest BCUT2D eigenvalue weighted by Crippen LogP contribution is -2.50. The molecule has 6 rings (SSSR count). The summed E-state index contributed by atoms with van der Waals surface area (Å²) in [5.41, 5.74) is 0.428. The highest BCUT2D eigenvalue weighted by Gasteiger charge is 2.50. The van der Waals surface area contributed by atoms with Crippen LogP contribution in [0.15, 0.2) is 48.7 Å². The van der Waals surface area contributed by atoms with Crippen molar-refractivity contribution < 1.29 is 32.2 Å². The number of rotatable bonds is 10. The number of hydrogen-bond acceptors (Lipinski definition) is 6. The van der Waals surface area contributed by atoms with Crippen molar-refractivity contribution in [3.8, 4) is 5.75 Å². The van der Waals surface area contributed by atoms with Gasteiger partial charge in [0.1, 0.15) is 11.4 Å². The number of halogens is 3. The van der Waals surface area contributed by atoms with Crippen LogP contribution in [-0.4, -0.2) is 82.9 Å². The van der Waals surface area contributed by atoms with E-state index in [1.54, 1.807) is 7.11 Å². The number of ether oxygens (including phenoxy) is 3. The van der Waals surface area contributed by atoms with Crippen molar-refractivity contribution >= 4 is 17.0 Å². The third-order valence-electron chi connectivity index (χ3n) is 12.1. The second kappa shape index (κ2) is 14.4. The molecule has 2 aromatic carbocycles. The van der Waals surface area contributed by atoms with Crippen molar-refractivity contribution in [3.05, 3.63) is 59.8 Å². The summed E-state index contributed by atoms with van der Waals surface area (Å²) in [7, 11) is 1.65. The van der Waals surface area contributed by atoms with Gasteiger partial charge in [-0.3, -0.25) is 9.58 Å². The summed E-state index contributed by atoms with van der Waals surface area (Å²) in [5.74, 6) is 0.778. The normalized spacial score (nSPS) is 22.3. The SMILES string of the molecule is COc1ccc([C@]2(CCN(Cc3ccc4c(cnn4C4CC5(CCN(C(=O)OC(C)(C)C)CC5)C4)c3)CC(C)(C)C(F)(F)F)CCOC(C)(C)C2)cc1. The molecule has 0 unspecified atom stereocenters. The highest BCUT2D eigenvalue weighted by atomic mass is 19.4. The van der Waals surface area contributed by atoms with Crippen LogP contribution in [-0.2, 0) is 21.4 Å². The standard InChI is InChI=1S/C42H59F3N4O4/c1-37(2,3)53-36(50)48-20-15-40(16-21-48)24-33(25-40)49-35-14-9-30(23-31(35)26-46-49)27-47(29-38(4,5)42(43,44)45)19-17-41(18-22-52-39(6,7)28-41)32-10-12-34(51-8)13-11-32/h9-14,23,26,33H,15-22,24-25,27-29H2,1-8H3/t41-/m1/s1. The fourth-order valence-electron chi connectivity index (χ4n) is 9.02. The molecule has 1 aliphatic carbocycles. The van der Waals surface area contributed by atoms with E-state index in [1.165, 1.54) is 19.4 Å². The van der Waals surface area contributed by atoms with Crippen LogP contribution in [0, 0.1) is 10.8 Å². The molecule has 292 valence electrons. The molecule has 2 saturated heterocycles. The lowest BCUT2D eigenvalue weighted by Gasteiger charge is -2.52. The Morgan fingerprint density at radius 1 is 1.00 bits per heavy atom. The molecular weight excluding hydrogens is 681 g/mol. The quantitative estimate of drug-likeness (QED) is 0.206. The summed E-state index contributed by atoms with van der Waals surface area (Å²) in [5, 5.41) is 5.81. The molecule has 0 bridgehead atoms. The lowest BCUT2D eigenvalue weighted by molar-refractivity contribution is -0.217. The molecule has 53 heavy (non-hydrogen) atoms. The van der Waals surface area contributed by atoms with Crippen molar-refractivity contribution in [3.63, 3.8) is 0 Å². The van der Waals surface area contributed by atoms with Crippen molar-refractivity contribution in [2.24, 2.45) is 10.8 Å². The summed E-state index contributed by atoms with van der Waals surface area (Å²) >= 11 is 0. The second-order valence-corrected chi connectivity index (χ2v) is 18.4. The summed E-state index contributed by atoms with van der Waals surface area (Å²) in [4.78, 5) is 16.4. The average molecular weight is 741 g/mol. The molecule has 1 amide bonds. The topological polar surface area (TPSA) is 69.1 Å². The maximum absolute atomic E-state index is 14.3. The number of hydrogen-bond donors (Lipinski definition) is 0. The summed E-state index contributed by atoms with van der Waals surface area (Å²) in [6.45, 7) is 15.3. The number of carbonyl (C=O) groups excluding carboxylic acids is 1. The van der Waals surface area contributed by atoms with Crippen molar-refractivity contribution in [2.45, 2.75) is 129 Å². The highest BCUT2D eigenvalue weighted by Crippen LogP contribution is 2.55. The summed E-state index contributed by atoms with van der Waals surface area (Å²) in [6, 6.07) is 14.7. The van der Waals surface area contributed by atoms with Gasteiger partial charge in [-0.2, -0.15) is 18.3 Å². The number of fused-ring (bicyclic) bond motifs is 1. The minimum absolute atomic E-state index is 0.109. The van der Waals surface area contributed by atoms with E-state index in [4.69, 9.17) is 19.3 Å². The van der Waals surface area contributed by atoms with Gasteiger partial charge in [0.05, 0.1) is 35.9 Å². The lowest BCUT2D eigenvalue weighted by atomic mass is 9.60. The highest BCUT2D eigenvalue weighted by molar-refractivity contribution is 5.79. The molecular formula is C42H59F3N4O4. The first-order chi connectivity index (χ1) is 24.7. The van der Waals surface area contributed by atoms with Gasteiger partial charge in [0.25, 0.3) is 0 Å². The van der Waals surface area contributed by atoms with Gasteiger partial charge in [-0.05, 0) is 141 Å². The first kappa shape index (κ1) is 39.4. The number of likely N-dealkylation sites (tertiary alicyclic amines) is 1. The molecule has 1 atom stereocenters.